The first-order valence-electron chi connectivity index (χ1n) is 7.20. The molecule has 18 heavy (non-hydrogen) atoms. The van der Waals surface area contributed by atoms with Gasteiger partial charge in [-0.05, 0) is 41.7 Å². The lowest BCUT2D eigenvalue weighted by Crippen LogP contribution is -2.34. The number of hydrogen-bond donors (Lipinski definition) is 1. The van der Waals surface area contributed by atoms with Crippen molar-refractivity contribution < 1.29 is 0 Å². The van der Waals surface area contributed by atoms with Crippen molar-refractivity contribution in [1.82, 2.24) is 5.32 Å². The van der Waals surface area contributed by atoms with Crippen molar-refractivity contribution in [3.8, 4) is 0 Å². The Bertz CT molecular complexity index is 306. The Morgan fingerprint density at radius 2 is 1.61 bits per heavy atom. The van der Waals surface area contributed by atoms with Gasteiger partial charge >= 0.3 is 0 Å². The van der Waals surface area contributed by atoms with Gasteiger partial charge in [-0.1, -0.05) is 47.6 Å². The summed E-state index contributed by atoms with van der Waals surface area (Å²) in [6.07, 6.45) is 0. The zero-order valence-corrected chi connectivity index (χ0v) is 13.6. The minimum atomic E-state index is 0.505. The van der Waals surface area contributed by atoms with Gasteiger partial charge in [0.1, 0.15) is 0 Å². The van der Waals surface area contributed by atoms with E-state index in [9.17, 15) is 0 Å². The van der Waals surface area contributed by atoms with Gasteiger partial charge in [-0.3, -0.25) is 0 Å². The number of hydrogen-bond acceptors (Lipinski definition) is 2. The van der Waals surface area contributed by atoms with Crippen LogP contribution in [-0.4, -0.2) is 6.54 Å². The van der Waals surface area contributed by atoms with Crippen LogP contribution in [0.5, 0.6) is 0 Å². The minimum Gasteiger partial charge on any atom is -0.309 e. The molecule has 0 amide bonds. The fourth-order valence-electron chi connectivity index (χ4n) is 2.64. The number of rotatable bonds is 7. The molecule has 0 aromatic carbocycles. The van der Waals surface area contributed by atoms with Crippen LogP contribution in [0.15, 0.2) is 17.5 Å². The second-order valence-electron chi connectivity index (χ2n) is 6.30. The molecule has 0 bridgehead atoms. The maximum atomic E-state index is 3.79. The monoisotopic (exact) mass is 267 g/mol. The quantitative estimate of drug-likeness (QED) is 0.736. The van der Waals surface area contributed by atoms with E-state index in [1.54, 1.807) is 0 Å². The third-order valence-corrected chi connectivity index (χ3v) is 4.76. The first-order chi connectivity index (χ1) is 8.43. The predicted octanol–water partition coefficient (Wildman–Crippen LogP) is 4.96. The minimum absolute atomic E-state index is 0.505. The van der Waals surface area contributed by atoms with Crippen LogP contribution < -0.4 is 5.32 Å². The standard InChI is InChI=1S/C16H29NS/c1-11(2)14(12(3)4)10-17-16(13(5)6)15-8-7-9-18-15/h7-9,11-14,16-17H,10H2,1-6H3. The number of nitrogens with one attached hydrogen (secondary N) is 1. The summed E-state index contributed by atoms with van der Waals surface area (Å²) < 4.78 is 0. The van der Waals surface area contributed by atoms with Gasteiger partial charge in [0.15, 0.2) is 0 Å². The van der Waals surface area contributed by atoms with Crippen LogP contribution in [0, 0.1) is 23.7 Å². The van der Waals surface area contributed by atoms with Gasteiger partial charge in [0, 0.05) is 10.9 Å². The fourth-order valence-corrected chi connectivity index (χ4v) is 3.61. The highest BCUT2D eigenvalue weighted by Crippen LogP contribution is 2.27. The lowest BCUT2D eigenvalue weighted by atomic mass is 9.85. The van der Waals surface area contributed by atoms with Gasteiger partial charge in [0.2, 0.25) is 0 Å². The van der Waals surface area contributed by atoms with Crippen molar-refractivity contribution in [3.05, 3.63) is 22.4 Å². The molecule has 0 saturated heterocycles. The average molecular weight is 267 g/mol. The van der Waals surface area contributed by atoms with E-state index in [1.807, 2.05) is 11.3 Å². The first kappa shape index (κ1) is 15.7. The van der Waals surface area contributed by atoms with Crippen LogP contribution in [0.2, 0.25) is 0 Å². The van der Waals surface area contributed by atoms with Crippen molar-refractivity contribution in [2.75, 3.05) is 6.54 Å². The second-order valence-corrected chi connectivity index (χ2v) is 7.28. The molecule has 0 aliphatic rings. The van der Waals surface area contributed by atoms with Crippen molar-refractivity contribution in [2.45, 2.75) is 47.6 Å². The predicted molar refractivity (Wildman–Crippen MR) is 83.1 cm³/mol. The summed E-state index contributed by atoms with van der Waals surface area (Å²) in [6.45, 7) is 15.1. The lowest BCUT2D eigenvalue weighted by Gasteiger charge is -2.29. The van der Waals surface area contributed by atoms with E-state index < -0.39 is 0 Å². The zero-order chi connectivity index (χ0) is 13.7. The Kier molecular flexibility index (Phi) is 6.37. The maximum Gasteiger partial charge on any atom is 0.0438 e. The Morgan fingerprint density at radius 1 is 1.00 bits per heavy atom. The van der Waals surface area contributed by atoms with E-state index in [0.29, 0.717) is 12.0 Å². The van der Waals surface area contributed by atoms with E-state index in [2.05, 4.69) is 64.4 Å². The maximum absolute atomic E-state index is 3.79. The molecule has 1 unspecified atom stereocenters. The van der Waals surface area contributed by atoms with Crippen molar-refractivity contribution in [2.24, 2.45) is 23.7 Å². The number of thiophene rings is 1. The molecule has 1 rings (SSSR count). The lowest BCUT2D eigenvalue weighted by molar-refractivity contribution is 0.254. The highest BCUT2D eigenvalue weighted by atomic mass is 32.1. The van der Waals surface area contributed by atoms with Crippen LogP contribution in [0.4, 0.5) is 0 Å². The highest BCUT2D eigenvalue weighted by molar-refractivity contribution is 7.10. The van der Waals surface area contributed by atoms with E-state index >= 15 is 0 Å². The Labute approximate surface area is 117 Å². The van der Waals surface area contributed by atoms with E-state index in [1.165, 1.54) is 4.88 Å². The smallest absolute Gasteiger partial charge is 0.0438 e. The van der Waals surface area contributed by atoms with Crippen LogP contribution in [0.3, 0.4) is 0 Å². The van der Waals surface area contributed by atoms with Crippen LogP contribution >= 0.6 is 11.3 Å². The largest absolute Gasteiger partial charge is 0.309 e. The van der Waals surface area contributed by atoms with Gasteiger partial charge in [-0.15, -0.1) is 11.3 Å². The highest BCUT2D eigenvalue weighted by Gasteiger charge is 2.21. The molecule has 2 heteroatoms. The van der Waals surface area contributed by atoms with Crippen LogP contribution in [0.25, 0.3) is 0 Å². The molecular formula is C16H29NS. The summed E-state index contributed by atoms with van der Waals surface area (Å²) in [7, 11) is 0. The van der Waals surface area contributed by atoms with E-state index in [-0.39, 0.29) is 0 Å². The molecule has 104 valence electrons. The van der Waals surface area contributed by atoms with Crippen molar-refractivity contribution in [1.29, 1.82) is 0 Å². The van der Waals surface area contributed by atoms with Crippen LogP contribution in [0.1, 0.15) is 52.5 Å². The third kappa shape index (κ3) is 4.40. The van der Waals surface area contributed by atoms with Crippen molar-refractivity contribution >= 4 is 11.3 Å². The SMILES string of the molecule is CC(C)C(NCC(C(C)C)C(C)C)c1cccs1. The molecule has 0 aliphatic heterocycles. The molecule has 0 saturated carbocycles. The van der Waals surface area contributed by atoms with Gasteiger partial charge in [-0.25, -0.2) is 0 Å². The zero-order valence-electron chi connectivity index (χ0n) is 12.7. The molecule has 0 spiro atoms. The van der Waals surface area contributed by atoms with Gasteiger partial charge in [0.25, 0.3) is 0 Å². The molecule has 1 aromatic rings. The molecule has 1 heterocycles. The summed E-state index contributed by atoms with van der Waals surface area (Å²) in [5, 5.41) is 5.97. The summed E-state index contributed by atoms with van der Waals surface area (Å²) in [4.78, 5) is 1.47. The molecular weight excluding hydrogens is 238 g/mol. The average Bonchev–Trinajstić information content (AvgIpc) is 2.75. The van der Waals surface area contributed by atoms with E-state index in [0.717, 1.165) is 24.3 Å². The molecule has 0 radical (unpaired) electrons. The summed E-state index contributed by atoms with van der Waals surface area (Å²) in [6, 6.07) is 4.91. The second kappa shape index (κ2) is 7.30. The Balaban J connectivity index is 2.63. The van der Waals surface area contributed by atoms with E-state index in [4.69, 9.17) is 0 Å². The molecule has 0 aliphatic carbocycles. The first-order valence-corrected chi connectivity index (χ1v) is 8.08. The fraction of sp³-hybridized carbons (Fsp3) is 0.750. The normalized spacial score (nSPS) is 14.1. The summed E-state index contributed by atoms with van der Waals surface area (Å²) >= 11 is 1.87. The molecule has 1 aromatic heterocycles. The molecule has 0 fully saturated rings. The van der Waals surface area contributed by atoms with Gasteiger partial charge < -0.3 is 5.32 Å². The van der Waals surface area contributed by atoms with Gasteiger partial charge in [-0.2, -0.15) is 0 Å². The summed E-state index contributed by atoms with van der Waals surface area (Å²) in [5.74, 6) is 2.89. The molecule has 1 atom stereocenters. The Hall–Kier alpha value is -0.340. The van der Waals surface area contributed by atoms with Crippen molar-refractivity contribution in [3.63, 3.8) is 0 Å². The van der Waals surface area contributed by atoms with Gasteiger partial charge in [0.05, 0.1) is 0 Å². The van der Waals surface area contributed by atoms with Crippen LogP contribution in [-0.2, 0) is 0 Å². The molecule has 1 N–H and O–H groups in total. The molecule has 1 nitrogen and oxygen atoms in total. The summed E-state index contributed by atoms with van der Waals surface area (Å²) in [5.41, 5.74) is 0. The topological polar surface area (TPSA) is 12.0 Å². The third-order valence-electron chi connectivity index (χ3n) is 3.80. The Morgan fingerprint density at radius 3 is 2.00 bits per heavy atom.